The van der Waals surface area contributed by atoms with Gasteiger partial charge >= 0.3 is 5.97 Å². The average Bonchev–Trinajstić information content (AvgIpc) is 2.73. The molecule has 106 valence electrons. The molecule has 0 saturated carbocycles. The number of rotatable bonds is 4. The summed E-state index contributed by atoms with van der Waals surface area (Å²) in [6, 6.07) is 7.56. The van der Waals surface area contributed by atoms with Gasteiger partial charge in [0.15, 0.2) is 0 Å². The van der Waals surface area contributed by atoms with E-state index in [1.54, 1.807) is 14.0 Å². The van der Waals surface area contributed by atoms with E-state index in [0.29, 0.717) is 22.9 Å². The Balaban J connectivity index is 2.64. The second kappa shape index (κ2) is 5.96. The second-order valence-corrected chi connectivity index (χ2v) is 5.45. The van der Waals surface area contributed by atoms with Gasteiger partial charge in [-0.15, -0.1) is 11.3 Å². The summed E-state index contributed by atoms with van der Waals surface area (Å²) in [5, 5.41) is 0.474. The van der Waals surface area contributed by atoms with Crippen molar-refractivity contribution in [3.8, 4) is 16.9 Å². The van der Waals surface area contributed by atoms with Crippen LogP contribution in [0, 0.1) is 6.92 Å². The van der Waals surface area contributed by atoms with Crippen LogP contribution in [-0.4, -0.2) is 19.7 Å². The minimum absolute atomic E-state index is 0.318. The molecular weight excluding hydrogens is 274 g/mol. The molecular formula is C15H17NO3S. The van der Waals surface area contributed by atoms with E-state index in [9.17, 15) is 4.79 Å². The van der Waals surface area contributed by atoms with Gasteiger partial charge in [0, 0.05) is 16.0 Å². The molecule has 1 aromatic heterocycles. The van der Waals surface area contributed by atoms with E-state index < -0.39 is 5.97 Å². The SMILES string of the molecule is CCOC(=O)c1c(N)sc(C)c1-c1ccccc1OC. The van der Waals surface area contributed by atoms with E-state index >= 15 is 0 Å². The van der Waals surface area contributed by atoms with Crippen molar-refractivity contribution in [3.05, 3.63) is 34.7 Å². The lowest BCUT2D eigenvalue weighted by molar-refractivity contribution is 0.0529. The van der Waals surface area contributed by atoms with Gasteiger partial charge in [0.2, 0.25) is 0 Å². The number of carbonyl (C=O) groups excluding carboxylic acids is 1. The Kier molecular flexibility index (Phi) is 4.29. The van der Waals surface area contributed by atoms with E-state index in [2.05, 4.69) is 0 Å². The number of ether oxygens (including phenoxy) is 2. The number of hydrogen-bond donors (Lipinski definition) is 1. The van der Waals surface area contributed by atoms with E-state index in [0.717, 1.165) is 16.0 Å². The van der Waals surface area contributed by atoms with Crippen molar-refractivity contribution < 1.29 is 14.3 Å². The third-order valence-electron chi connectivity index (χ3n) is 2.97. The molecule has 0 radical (unpaired) electrons. The molecule has 0 bridgehead atoms. The monoisotopic (exact) mass is 291 g/mol. The number of thiophene rings is 1. The molecule has 0 saturated heterocycles. The first kappa shape index (κ1) is 14.4. The number of aryl methyl sites for hydroxylation is 1. The maximum Gasteiger partial charge on any atom is 0.341 e. The predicted molar refractivity (Wildman–Crippen MR) is 81.4 cm³/mol. The van der Waals surface area contributed by atoms with Crippen molar-refractivity contribution in [3.63, 3.8) is 0 Å². The van der Waals surface area contributed by atoms with Crippen LogP contribution in [0.4, 0.5) is 5.00 Å². The summed E-state index contributed by atoms with van der Waals surface area (Å²) in [6.07, 6.45) is 0. The Labute approximate surface area is 122 Å². The summed E-state index contributed by atoms with van der Waals surface area (Å²) in [5.41, 5.74) is 8.05. The molecule has 2 rings (SSSR count). The van der Waals surface area contributed by atoms with Gasteiger partial charge in [-0.3, -0.25) is 0 Å². The molecule has 0 spiro atoms. The summed E-state index contributed by atoms with van der Waals surface area (Å²) in [7, 11) is 1.61. The van der Waals surface area contributed by atoms with Crippen LogP contribution in [0.5, 0.6) is 5.75 Å². The minimum atomic E-state index is -0.393. The lowest BCUT2D eigenvalue weighted by Crippen LogP contribution is -2.07. The number of nitrogen functional groups attached to an aromatic ring is 1. The van der Waals surface area contributed by atoms with Crippen LogP contribution in [0.3, 0.4) is 0 Å². The first-order valence-electron chi connectivity index (χ1n) is 6.29. The lowest BCUT2D eigenvalue weighted by Gasteiger charge is -2.10. The van der Waals surface area contributed by atoms with E-state index in [1.165, 1.54) is 11.3 Å². The number of benzene rings is 1. The highest BCUT2D eigenvalue weighted by molar-refractivity contribution is 7.16. The topological polar surface area (TPSA) is 61.5 Å². The van der Waals surface area contributed by atoms with Crippen molar-refractivity contribution in [1.82, 2.24) is 0 Å². The fourth-order valence-corrected chi connectivity index (χ4v) is 3.08. The van der Waals surface area contributed by atoms with Gasteiger partial charge in [0.1, 0.15) is 16.3 Å². The molecule has 0 fully saturated rings. The number of carbonyl (C=O) groups is 1. The number of esters is 1. The van der Waals surface area contributed by atoms with Crippen LogP contribution in [0.1, 0.15) is 22.2 Å². The van der Waals surface area contributed by atoms with Gasteiger partial charge < -0.3 is 15.2 Å². The van der Waals surface area contributed by atoms with Crippen molar-refractivity contribution >= 4 is 22.3 Å². The molecule has 2 N–H and O–H groups in total. The van der Waals surface area contributed by atoms with Crippen LogP contribution in [-0.2, 0) is 4.74 Å². The van der Waals surface area contributed by atoms with Crippen molar-refractivity contribution in [2.24, 2.45) is 0 Å². The molecule has 0 aliphatic rings. The molecule has 2 aromatic rings. The average molecular weight is 291 g/mol. The van der Waals surface area contributed by atoms with Crippen LogP contribution in [0.15, 0.2) is 24.3 Å². The van der Waals surface area contributed by atoms with Gasteiger partial charge in [0.05, 0.1) is 13.7 Å². The normalized spacial score (nSPS) is 10.3. The molecule has 0 aliphatic carbocycles. The van der Waals surface area contributed by atoms with E-state index in [1.807, 2.05) is 31.2 Å². The Morgan fingerprint density at radius 1 is 1.35 bits per heavy atom. The van der Waals surface area contributed by atoms with E-state index in [4.69, 9.17) is 15.2 Å². The quantitative estimate of drug-likeness (QED) is 0.876. The molecule has 0 amide bonds. The summed E-state index contributed by atoms with van der Waals surface area (Å²) >= 11 is 1.39. The highest BCUT2D eigenvalue weighted by Gasteiger charge is 2.24. The zero-order valence-corrected chi connectivity index (χ0v) is 12.5. The Morgan fingerprint density at radius 2 is 2.05 bits per heavy atom. The molecule has 4 nitrogen and oxygen atoms in total. The predicted octanol–water partition coefficient (Wildman–Crippen LogP) is 3.49. The molecule has 20 heavy (non-hydrogen) atoms. The fraction of sp³-hybridized carbons (Fsp3) is 0.267. The maximum atomic E-state index is 12.1. The molecule has 1 heterocycles. The fourth-order valence-electron chi connectivity index (χ4n) is 2.15. The molecule has 5 heteroatoms. The Bertz CT molecular complexity index is 634. The largest absolute Gasteiger partial charge is 0.496 e. The second-order valence-electron chi connectivity index (χ2n) is 4.19. The third-order valence-corrected chi connectivity index (χ3v) is 3.90. The summed E-state index contributed by atoms with van der Waals surface area (Å²) in [4.78, 5) is 13.1. The van der Waals surface area contributed by atoms with Crippen molar-refractivity contribution in [1.29, 1.82) is 0 Å². The summed E-state index contributed by atoms with van der Waals surface area (Å²) in [5.74, 6) is 0.314. The van der Waals surface area contributed by atoms with Crippen molar-refractivity contribution in [2.45, 2.75) is 13.8 Å². The first-order chi connectivity index (χ1) is 9.60. The number of hydrogen-bond acceptors (Lipinski definition) is 5. The van der Waals surface area contributed by atoms with E-state index in [-0.39, 0.29) is 0 Å². The van der Waals surface area contributed by atoms with Crippen molar-refractivity contribution in [2.75, 3.05) is 19.5 Å². The van der Waals surface area contributed by atoms with Crippen LogP contribution >= 0.6 is 11.3 Å². The van der Waals surface area contributed by atoms with Gasteiger partial charge in [-0.05, 0) is 19.9 Å². The van der Waals surface area contributed by atoms with Crippen LogP contribution in [0.25, 0.3) is 11.1 Å². The van der Waals surface area contributed by atoms with Crippen LogP contribution in [0.2, 0.25) is 0 Å². The highest BCUT2D eigenvalue weighted by atomic mass is 32.1. The highest BCUT2D eigenvalue weighted by Crippen LogP contribution is 2.42. The van der Waals surface area contributed by atoms with Gasteiger partial charge in [-0.2, -0.15) is 0 Å². The Morgan fingerprint density at radius 3 is 2.70 bits per heavy atom. The Hall–Kier alpha value is -2.01. The third kappa shape index (κ3) is 2.49. The van der Waals surface area contributed by atoms with Crippen LogP contribution < -0.4 is 10.5 Å². The van der Waals surface area contributed by atoms with Gasteiger partial charge in [0.25, 0.3) is 0 Å². The zero-order valence-electron chi connectivity index (χ0n) is 11.7. The van der Waals surface area contributed by atoms with Gasteiger partial charge in [-0.1, -0.05) is 18.2 Å². The number of para-hydroxylation sites is 1. The molecule has 0 unspecified atom stereocenters. The number of nitrogens with two attached hydrogens (primary N) is 1. The maximum absolute atomic E-state index is 12.1. The zero-order chi connectivity index (χ0) is 14.7. The summed E-state index contributed by atoms with van der Waals surface area (Å²) in [6.45, 7) is 4.03. The standard InChI is InChI=1S/C15H17NO3S/c1-4-19-15(17)13-12(9(2)20-14(13)16)10-7-5-6-8-11(10)18-3/h5-8H,4,16H2,1-3H3. The summed E-state index contributed by atoms with van der Waals surface area (Å²) < 4.78 is 10.5. The number of methoxy groups -OCH3 is 1. The van der Waals surface area contributed by atoms with Gasteiger partial charge in [-0.25, -0.2) is 4.79 Å². The smallest absolute Gasteiger partial charge is 0.341 e. The molecule has 0 atom stereocenters. The molecule has 0 aliphatic heterocycles. The lowest BCUT2D eigenvalue weighted by atomic mass is 10.0. The first-order valence-corrected chi connectivity index (χ1v) is 7.11. The molecule has 1 aromatic carbocycles. The number of anilines is 1. The minimum Gasteiger partial charge on any atom is -0.496 e.